The number of fused-ring (bicyclic) bond motifs is 1. The van der Waals surface area contributed by atoms with Crippen molar-refractivity contribution in [1.82, 2.24) is 9.88 Å². The first-order valence-electron chi connectivity index (χ1n) is 11.8. The van der Waals surface area contributed by atoms with Crippen LogP contribution in [0.5, 0.6) is 5.75 Å². The predicted octanol–water partition coefficient (Wildman–Crippen LogP) is 5.29. The van der Waals surface area contributed by atoms with Gasteiger partial charge in [-0.05, 0) is 69.6 Å². The van der Waals surface area contributed by atoms with Gasteiger partial charge in [-0.3, -0.25) is 9.78 Å². The molecule has 0 bridgehead atoms. The summed E-state index contributed by atoms with van der Waals surface area (Å²) in [6, 6.07) is 3.11. The number of anilines is 1. The van der Waals surface area contributed by atoms with Gasteiger partial charge in [-0.1, -0.05) is 13.3 Å². The fraction of sp³-hybridized carbons (Fsp3) is 0.600. The highest BCUT2D eigenvalue weighted by Crippen LogP contribution is 2.36. The van der Waals surface area contributed by atoms with Gasteiger partial charge in [0.1, 0.15) is 0 Å². The number of Topliss-reactive ketones (excluding diaryl/α,β-unsaturated/α-hetero) is 1. The van der Waals surface area contributed by atoms with Gasteiger partial charge in [0.2, 0.25) is 0 Å². The van der Waals surface area contributed by atoms with Crippen LogP contribution in [0.1, 0.15) is 62.2 Å². The van der Waals surface area contributed by atoms with Crippen LogP contribution < -0.4 is 10.1 Å². The van der Waals surface area contributed by atoms with E-state index in [2.05, 4.69) is 22.1 Å². The van der Waals surface area contributed by atoms with Crippen LogP contribution in [-0.4, -0.2) is 49.0 Å². The number of hydrogen-bond acceptors (Lipinski definition) is 5. The highest BCUT2D eigenvalue weighted by Gasteiger charge is 2.27. The maximum atomic E-state index is 14.7. The molecule has 2 fully saturated rings. The molecule has 0 spiro atoms. The van der Waals surface area contributed by atoms with Crippen LogP contribution in [-0.2, 0) is 0 Å². The van der Waals surface area contributed by atoms with E-state index >= 15 is 0 Å². The molecule has 1 N–H and O–H groups in total. The largest absolute Gasteiger partial charge is 0.490 e. The minimum atomic E-state index is -0.403. The van der Waals surface area contributed by atoms with Gasteiger partial charge in [-0.15, -0.1) is 0 Å². The maximum Gasteiger partial charge on any atom is 0.167 e. The molecule has 1 aliphatic heterocycles. The van der Waals surface area contributed by atoms with Crippen LogP contribution in [0.3, 0.4) is 0 Å². The Morgan fingerprint density at radius 3 is 2.68 bits per heavy atom. The number of carbonyl (C=O) groups excluding carboxylic acids is 1. The number of hydrogen-bond donors (Lipinski definition) is 1. The maximum absolute atomic E-state index is 14.7. The van der Waals surface area contributed by atoms with Crippen molar-refractivity contribution in [3.8, 4) is 5.75 Å². The lowest BCUT2D eigenvalue weighted by molar-refractivity contribution is 0.0976. The summed E-state index contributed by atoms with van der Waals surface area (Å²) in [7, 11) is 1.79. The van der Waals surface area contributed by atoms with Crippen molar-refractivity contribution in [1.29, 1.82) is 0 Å². The summed E-state index contributed by atoms with van der Waals surface area (Å²) in [5.74, 6) is 0.892. The van der Waals surface area contributed by atoms with Crippen molar-refractivity contribution >= 4 is 22.4 Å². The molecule has 6 heteroatoms. The normalized spacial score (nSPS) is 17.8. The number of nitrogens with zero attached hydrogens (tertiary/aromatic N) is 2. The second kappa shape index (κ2) is 9.94. The molecule has 0 radical (unpaired) electrons. The molecule has 1 saturated carbocycles. The number of carbonyl (C=O) groups is 1. The van der Waals surface area contributed by atoms with Crippen LogP contribution in [0.2, 0.25) is 0 Å². The number of unbranched alkanes of at least 4 members (excludes halogenated alkanes) is 1. The number of benzene rings is 1. The van der Waals surface area contributed by atoms with Crippen molar-refractivity contribution in [3.63, 3.8) is 0 Å². The number of ketones is 1. The van der Waals surface area contributed by atoms with E-state index in [0.717, 1.165) is 44.2 Å². The quantitative estimate of drug-likeness (QED) is 0.522. The zero-order valence-corrected chi connectivity index (χ0v) is 18.8. The van der Waals surface area contributed by atoms with Gasteiger partial charge < -0.3 is 15.0 Å². The molecule has 5 nitrogen and oxygen atoms in total. The Labute approximate surface area is 184 Å². The third-order valence-electron chi connectivity index (χ3n) is 6.65. The average molecular weight is 428 g/mol. The lowest BCUT2D eigenvalue weighted by Gasteiger charge is -2.31. The predicted molar refractivity (Wildman–Crippen MR) is 122 cm³/mol. The van der Waals surface area contributed by atoms with Gasteiger partial charge >= 0.3 is 0 Å². The van der Waals surface area contributed by atoms with Crippen molar-refractivity contribution in [2.45, 2.75) is 51.9 Å². The molecule has 4 rings (SSSR count). The first-order chi connectivity index (χ1) is 15.1. The molecule has 2 aliphatic rings. The third-order valence-corrected chi connectivity index (χ3v) is 6.65. The van der Waals surface area contributed by atoms with Crippen molar-refractivity contribution < 1.29 is 13.9 Å². The lowest BCUT2D eigenvalue weighted by Crippen LogP contribution is -2.36. The Morgan fingerprint density at radius 1 is 1.23 bits per heavy atom. The monoisotopic (exact) mass is 427 g/mol. The van der Waals surface area contributed by atoms with Crippen LogP contribution in [0.4, 0.5) is 10.1 Å². The molecule has 2 heterocycles. The van der Waals surface area contributed by atoms with Gasteiger partial charge in [0, 0.05) is 31.1 Å². The van der Waals surface area contributed by atoms with Crippen molar-refractivity contribution in [3.05, 3.63) is 29.7 Å². The number of aromatic nitrogens is 1. The first-order valence-corrected chi connectivity index (χ1v) is 11.8. The molecule has 2 aromatic rings. The van der Waals surface area contributed by atoms with Crippen LogP contribution in [0, 0.1) is 17.7 Å². The standard InChI is InChI=1S/C25H34FN3O2/c1-3-4-9-29-10-7-18(8-11-29)16-31-24-13-19-22(14-21(24)26)28-15-20(25(19)27-2)23(30)12-17-5-6-17/h13-15,17-18H,3-12,16H2,1-2H3,(H,27,28). The fourth-order valence-electron chi connectivity index (χ4n) is 4.45. The topological polar surface area (TPSA) is 54.5 Å². The highest BCUT2D eigenvalue weighted by atomic mass is 19.1. The third kappa shape index (κ3) is 5.35. The van der Waals surface area contributed by atoms with Gasteiger partial charge in [0.15, 0.2) is 17.3 Å². The number of halogens is 1. The zero-order chi connectivity index (χ0) is 21.8. The van der Waals surface area contributed by atoms with Gasteiger partial charge in [-0.2, -0.15) is 0 Å². The van der Waals surface area contributed by atoms with E-state index in [0.29, 0.717) is 41.6 Å². The van der Waals surface area contributed by atoms with Crippen LogP contribution in [0.15, 0.2) is 18.3 Å². The SMILES string of the molecule is CCCCN1CCC(COc2cc3c(NC)c(C(=O)CC4CC4)cnc3cc2F)CC1. The number of nitrogens with one attached hydrogen (secondary N) is 1. The fourth-order valence-corrected chi connectivity index (χ4v) is 4.45. The Balaban J connectivity index is 1.46. The van der Waals surface area contributed by atoms with E-state index in [1.807, 2.05) is 0 Å². The molecule has 1 aromatic heterocycles. The Hall–Kier alpha value is -2.21. The van der Waals surface area contributed by atoms with Crippen molar-refractivity contribution in [2.24, 2.45) is 11.8 Å². The summed E-state index contributed by atoms with van der Waals surface area (Å²) in [6.45, 7) is 6.10. The van der Waals surface area contributed by atoms with Crippen LogP contribution >= 0.6 is 0 Å². The average Bonchev–Trinajstić information content (AvgIpc) is 3.60. The van der Waals surface area contributed by atoms with Crippen molar-refractivity contribution in [2.75, 3.05) is 38.6 Å². The molecule has 1 aliphatic carbocycles. The van der Waals surface area contributed by atoms with Gasteiger partial charge in [0.05, 0.1) is 23.4 Å². The minimum absolute atomic E-state index is 0.0999. The summed E-state index contributed by atoms with van der Waals surface area (Å²) >= 11 is 0. The molecule has 0 unspecified atom stereocenters. The highest BCUT2D eigenvalue weighted by molar-refractivity contribution is 6.08. The summed E-state index contributed by atoms with van der Waals surface area (Å²) in [5, 5.41) is 3.87. The van der Waals surface area contributed by atoms with E-state index in [9.17, 15) is 9.18 Å². The molecule has 31 heavy (non-hydrogen) atoms. The minimum Gasteiger partial charge on any atom is -0.490 e. The molecular weight excluding hydrogens is 393 g/mol. The summed E-state index contributed by atoms with van der Waals surface area (Å²) in [6.07, 6.45) is 9.03. The Bertz CT molecular complexity index is 921. The molecule has 1 saturated heterocycles. The first kappa shape index (κ1) is 22.0. The number of likely N-dealkylation sites (tertiary alicyclic amines) is 1. The van der Waals surface area contributed by atoms with E-state index in [4.69, 9.17) is 4.74 Å². The second-order valence-electron chi connectivity index (χ2n) is 9.12. The summed E-state index contributed by atoms with van der Waals surface area (Å²) in [5.41, 5.74) is 1.82. The lowest BCUT2D eigenvalue weighted by atomic mass is 9.97. The number of piperidine rings is 1. The van der Waals surface area contributed by atoms with Gasteiger partial charge in [-0.25, -0.2) is 4.39 Å². The molecule has 0 amide bonds. The van der Waals surface area contributed by atoms with E-state index in [1.54, 1.807) is 19.3 Å². The molecule has 168 valence electrons. The smallest absolute Gasteiger partial charge is 0.167 e. The number of pyridine rings is 1. The molecular formula is C25H34FN3O2. The van der Waals surface area contributed by atoms with E-state index in [1.165, 1.54) is 25.5 Å². The Kier molecular flexibility index (Phi) is 7.06. The summed E-state index contributed by atoms with van der Waals surface area (Å²) in [4.78, 5) is 19.6. The summed E-state index contributed by atoms with van der Waals surface area (Å²) < 4.78 is 20.6. The Morgan fingerprint density at radius 2 is 2.00 bits per heavy atom. The molecule has 0 atom stereocenters. The number of rotatable bonds is 10. The van der Waals surface area contributed by atoms with E-state index in [-0.39, 0.29) is 11.5 Å². The second-order valence-corrected chi connectivity index (χ2v) is 9.12. The van der Waals surface area contributed by atoms with E-state index < -0.39 is 5.82 Å². The molecule has 1 aromatic carbocycles. The number of ether oxygens (including phenoxy) is 1. The van der Waals surface area contributed by atoms with Crippen LogP contribution in [0.25, 0.3) is 10.9 Å². The van der Waals surface area contributed by atoms with Gasteiger partial charge in [0.25, 0.3) is 0 Å². The zero-order valence-electron chi connectivity index (χ0n) is 18.8.